The quantitative estimate of drug-likeness (QED) is 0.613. The van der Waals surface area contributed by atoms with Crippen molar-refractivity contribution in [1.29, 1.82) is 0 Å². The molecule has 6 heteroatoms. The third-order valence-electron chi connectivity index (χ3n) is 3.67. The molecule has 1 fully saturated rings. The maximum Gasteiger partial charge on any atom is 0.304 e. The van der Waals surface area contributed by atoms with Crippen LogP contribution in [0.15, 0.2) is 18.2 Å². The first-order valence-electron chi connectivity index (χ1n) is 6.79. The van der Waals surface area contributed by atoms with Crippen LogP contribution in [0.3, 0.4) is 0 Å². The maximum absolute atomic E-state index is 13.6. The molecule has 0 aliphatic carbocycles. The second-order valence-corrected chi connectivity index (χ2v) is 5.57. The molecule has 1 saturated heterocycles. The molecule has 0 aromatic heterocycles. The lowest BCUT2D eigenvalue weighted by Crippen LogP contribution is -2.37. The van der Waals surface area contributed by atoms with Crippen molar-refractivity contribution in [3.05, 3.63) is 39.7 Å². The van der Waals surface area contributed by atoms with Crippen LogP contribution in [0.1, 0.15) is 18.4 Å². The van der Waals surface area contributed by atoms with Crippen LogP contribution in [-0.2, 0) is 6.54 Å². The third-order valence-corrected chi connectivity index (χ3v) is 3.67. The smallest absolute Gasteiger partial charge is 0.304 e. The lowest BCUT2D eigenvalue weighted by atomic mass is 10.1. The van der Waals surface area contributed by atoms with E-state index in [1.807, 2.05) is 14.1 Å². The minimum Gasteiger partial charge on any atom is -0.308 e. The second kappa shape index (κ2) is 6.28. The van der Waals surface area contributed by atoms with Crippen molar-refractivity contribution in [2.24, 2.45) is 0 Å². The molecule has 0 saturated carbocycles. The number of likely N-dealkylation sites (tertiary alicyclic amines) is 1. The van der Waals surface area contributed by atoms with Gasteiger partial charge in [-0.15, -0.1) is 0 Å². The number of likely N-dealkylation sites (N-methyl/N-ethyl adjacent to an activating group) is 1. The molecule has 1 atom stereocenters. The average molecular weight is 281 g/mol. The average Bonchev–Trinajstić information content (AvgIpc) is 2.75. The SMILES string of the molecule is CN(C)CC1CCCN1Cc1ccc([N+](=O)[O-])c(F)c1. The van der Waals surface area contributed by atoms with Crippen molar-refractivity contribution < 1.29 is 9.31 Å². The van der Waals surface area contributed by atoms with E-state index in [0.29, 0.717) is 12.6 Å². The summed E-state index contributed by atoms with van der Waals surface area (Å²) in [6, 6.07) is 4.65. The lowest BCUT2D eigenvalue weighted by molar-refractivity contribution is -0.387. The highest BCUT2D eigenvalue weighted by atomic mass is 19.1. The van der Waals surface area contributed by atoms with E-state index in [9.17, 15) is 14.5 Å². The topological polar surface area (TPSA) is 49.6 Å². The highest BCUT2D eigenvalue weighted by Gasteiger charge is 2.25. The summed E-state index contributed by atoms with van der Waals surface area (Å²) in [5, 5.41) is 10.6. The molecule has 0 amide bonds. The van der Waals surface area contributed by atoms with E-state index in [0.717, 1.165) is 31.5 Å². The van der Waals surface area contributed by atoms with E-state index in [1.165, 1.54) is 12.1 Å². The molecule has 0 N–H and O–H groups in total. The molecule has 110 valence electrons. The Morgan fingerprint density at radius 3 is 2.85 bits per heavy atom. The van der Waals surface area contributed by atoms with Gasteiger partial charge in [0.2, 0.25) is 5.82 Å². The second-order valence-electron chi connectivity index (χ2n) is 5.57. The molecule has 1 aromatic carbocycles. The van der Waals surface area contributed by atoms with Gasteiger partial charge >= 0.3 is 5.69 Å². The van der Waals surface area contributed by atoms with Crippen LogP contribution in [-0.4, -0.2) is 47.9 Å². The van der Waals surface area contributed by atoms with Gasteiger partial charge in [-0.2, -0.15) is 4.39 Å². The minimum atomic E-state index is -0.754. The Balaban J connectivity index is 2.06. The minimum absolute atomic E-state index is 0.458. The van der Waals surface area contributed by atoms with Gasteiger partial charge < -0.3 is 4.90 Å². The molecular weight excluding hydrogens is 261 g/mol. The fraction of sp³-hybridized carbons (Fsp3) is 0.571. The Labute approximate surface area is 118 Å². The summed E-state index contributed by atoms with van der Waals surface area (Å²) in [6.45, 7) is 2.62. The third kappa shape index (κ3) is 3.52. The first kappa shape index (κ1) is 14.9. The predicted octanol–water partition coefficient (Wildman–Crippen LogP) is 2.26. The number of nitro groups is 1. The van der Waals surface area contributed by atoms with E-state index in [4.69, 9.17) is 0 Å². The highest BCUT2D eigenvalue weighted by molar-refractivity contribution is 5.35. The zero-order valence-corrected chi connectivity index (χ0v) is 11.9. The summed E-state index contributed by atoms with van der Waals surface area (Å²) < 4.78 is 13.6. The standard InChI is InChI=1S/C14H20FN3O2/c1-16(2)10-12-4-3-7-17(12)9-11-5-6-14(18(19)20)13(15)8-11/h5-6,8,12H,3-4,7,9-10H2,1-2H3. The van der Waals surface area contributed by atoms with E-state index < -0.39 is 16.4 Å². The molecule has 2 rings (SSSR count). The number of nitrogens with zero attached hydrogens (tertiary/aromatic N) is 3. The number of rotatable bonds is 5. The molecule has 0 bridgehead atoms. The van der Waals surface area contributed by atoms with Crippen molar-refractivity contribution in [2.75, 3.05) is 27.2 Å². The maximum atomic E-state index is 13.6. The van der Waals surface area contributed by atoms with Crippen LogP contribution >= 0.6 is 0 Å². The van der Waals surface area contributed by atoms with Crippen LogP contribution in [0.5, 0.6) is 0 Å². The molecule has 1 aromatic rings. The summed E-state index contributed by atoms with van der Waals surface area (Å²) in [4.78, 5) is 14.4. The zero-order chi connectivity index (χ0) is 14.7. The van der Waals surface area contributed by atoms with Crippen LogP contribution < -0.4 is 0 Å². The number of benzene rings is 1. The van der Waals surface area contributed by atoms with Gasteiger partial charge in [-0.05, 0) is 45.1 Å². The summed E-state index contributed by atoms with van der Waals surface area (Å²) in [6.07, 6.45) is 2.29. The summed E-state index contributed by atoms with van der Waals surface area (Å²) in [5.74, 6) is -0.754. The summed E-state index contributed by atoms with van der Waals surface area (Å²) in [7, 11) is 4.09. The van der Waals surface area contributed by atoms with Gasteiger partial charge in [0.25, 0.3) is 0 Å². The van der Waals surface area contributed by atoms with E-state index >= 15 is 0 Å². The molecule has 1 heterocycles. The fourth-order valence-electron chi connectivity index (χ4n) is 2.76. The normalized spacial score (nSPS) is 19.7. The van der Waals surface area contributed by atoms with E-state index in [2.05, 4.69) is 9.80 Å². The van der Waals surface area contributed by atoms with Crippen LogP contribution in [0.4, 0.5) is 10.1 Å². The molecule has 5 nitrogen and oxygen atoms in total. The van der Waals surface area contributed by atoms with E-state index in [1.54, 1.807) is 6.07 Å². The summed E-state index contributed by atoms with van der Waals surface area (Å²) in [5.41, 5.74) is 0.332. The Kier molecular flexibility index (Phi) is 4.67. The van der Waals surface area contributed by atoms with Gasteiger partial charge in [0.1, 0.15) is 0 Å². The van der Waals surface area contributed by atoms with Gasteiger partial charge in [-0.25, -0.2) is 0 Å². The van der Waals surface area contributed by atoms with Gasteiger partial charge in [-0.1, -0.05) is 6.07 Å². The number of hydrogen-bond donors (Lipinski definition) is 0. The van der Waals surface area contributed by atoms with Crippen molar-refractivity contribution in [1.82, 2.24) is 9.80 Å². The highest BCUT2D eigenvalue weighted by Crippen LogP contribution is 2.23. The van der Waals surface area contributed by atoms with Crippen LogP contribution in [0.25, 0.3) is 0 Å². The fourth-order valence-corrected chi connectivity index (χ4v) is 2.76. The van der Waals surface area contributed by atoms with Crippen molar-refractivity contribution >= 4 is 5.69 Å². The van der Waals surface area contributed by atoms with Crippen molar-refractivity contribution in [3.8, 4) is 0 Å². The Bertz CT molecular complexity index is 493. The first-order chi connectivity index (χ1) is 9.47. The molecule has 0 spiro atoms. The molecule has 1 aliphatic rings. The molecule has 1 aliphatic heterocycles. The van der Waals surface area contributed by atoms with Crippen molar-refractivity contribution in [3.63, 3.8) is 0 Å². The first-order valence-corrected chi connectivity index (χ1v) is 6.79. The van der Waals surface area contributed by atoms with Crippen molar-refractivity contribution in [2.45, 2.75) is 25.4 Å². The van der Waals surface area contributed by atoms with Crippen LogP contribution in [0, 0.1) is 15.9 Å². The van der Waals surface area contributed by atoms with E-state index in [-0.39, 0.29) is 0 Å². The molecule has 0 radical (unpaired) electrons. The monoisotopic (exact) mass is 281 g/mol. The van der Waals surface area contributed by atoms with Gasteiger partial charge in [0, 0.05) is 25.2 Å². The Hall–Kier alpha value is -1.53. The van der Waals surface area contributed by atoms with Gasteiger partial charge in [0.15, 0.2) is 0 Å². The molecule has 1 unspecified atom stereocenters. The molecule has 20 heavy (non-hydrogen) atoms. The van der Waals surface area contributed by atoms with Crippen LogP contribution in [0.2, 0.25) is 0 Å². The Morgan fingerprint density at radius 1 is 1.50 bits per heavy atom. The zero-order valence-electron chi connectivity index (χ0n) is 11.9. The van der Waals surface area contributed by atoms with Gasteiger partial charge in [-0.3, -0.25) is 15.0 Å². The lowest BCUT2D eigenvalue weighted by Gasteiger charge is -2.27. The number of halogens is 1. The van der Waals surface area contributed by atoms with Gasteiger partial charge in [0.05, 0.1) is 4.92 Å². The summed E-state index contributed by atoms with van der Waals surface area (Å²) >= 11 is 0. The molecular formula is C14H20FN3O2. The Morgan fingerprint density at radius 2 is 2.25 bits per heavy atom. The number of hydrogen-bond acceptors (Lipinski definition) is 4. The number of nitro benzene ring substituents is 1. The largest absolute Gasteiger partial charge is 0.308 e. The predicted molar refractivity (Wildman–Crippen MR) is 75.0 cm³/mol.